The van der Waals surface area contributed by atoms with Crippen LogP contribution in [0.2, 0.25) is 5.02 Å². The van der Waals surface area contributed by atoms with Gasteiger partial charge in [-0.2, -0.15) is 0 Å². The maximum atomic E-state index is 12.7. The molecule has 5 nitrogen and oxygen atoms in total. The van der Waals surface area contributed by atoms with Crippen molar-refractivity contribution in [2.75, 3.05) is 22.7 Å². The molecule has 0 amide bonds. The first-order valence-electron chi connectivity index (χ1n) is 8.55. The van der Waals surface area contributed by atoms with Crippen molar-refractivity contribution in [3.8, 4) is 0 Å². The Morgan fingerprint density at radius 2 is 1.81 bits per heavy atom. The summed E-state index contributed by atoms with van der Waals surface area (Å²) in [6.07, 6.45) is 3.47. The number of nitrogens with one attached hydrogen (secondary N) is 1. The number of anilines is 2. The molecule has 1 N–H and O–H groups in total. The third-order valence-corrected chi connectivity index (χ3v) is 6.16. The van der Waals surface area contributed by atoms with Gasteiger partial charge in [0.15, 0.2) is 5.78 Å². The number of ketones is 1. The summed E-state index contributed by atoms with van der Waals surface area (Å²) in [5.41, 5.74) is 1.63. The number of Topliss-reactive ketones (excluding diaryl/α,β-unsaturated/α-hetero) is 1. The monoisotopic (exact) mass is 392 g/mol. The van der Waals surface area contributed by atoms with E-state index in [4.69, 9.17) is 11.6 Å². The second-order valence-electron chi connectivity index (χ2n) is 6.40. The highest BCUT2D eigenvalue weighted by molar-refractivity contribution is 7.92. The van der Waals surface area contributed by atoms with Gasteiger partial charge in [0.25, 0.3) is 10.0 Å². The van der Waals surface area contributed by atoms with Crippen LogP contribution in [0.5, 0.6) is 0 Å². The Labute approximate surface area is 159 Å². The largest absolute Gasteiger partial charge is 0.371 e. The standard InChI is InChI=1S/C19H21ClN2O3S/c1-14(23)15-6-5-7-17(12-15)26(24,25)21-19-13-16(8-9-18(19)20)22-10-3-2-4-11-22/h5-9,12-13,21H,2-4,10-11H2,1H3. The van der Waals surface area contributed by atoms with E-state index in [0.29, 0.717) is 16.3 Å². The van der Waals surface area contributed by atoms with Crippen molar-refractivity contribution in [3.05, 3.63) is 53.1 Å². The molecule has 1 aliphatic heterocycles. The smallest absolute Gasteiger partial charge is 0.261 e. The van der Waals surface area contributed by atoms with E-state index in [1.807, 2.05) is 6.07 Å². The zero-order chi connectivity index (χ0) is 18.7. The minimum atomic E-state index is -3.84. The van der Waals surface area contributed by atoms with E-state index in [-0.39, 0.29) is 10.7 Å². The first kappa shape index (κ1) is 18.7. The lowest BCUT2D eigenvalue weighted by molar-refractivity contribution is 0.101. The number of rotatable bonds is 5. The highest BCUT2D eigenvalue weighted by Crippen LogP contribution is 2.31. The predicted molar refractivity (Wildman–Crippen MR) is 105 cm³/mol. The Hall–Kier alpha value is -2.05. The molecule has 1 aliphatic rings. The van der Waals surface area contributed by atoms with Crippen LogP contribution in [0.1, 0.15) is 36.5 Å². The van der Waals surface area contributed by atoms with Crippen molar-refractivity contribution >= 4 is 38.8 Å². The van der Waals surface area contributed by atoms with E-state index in [9.17, 15) is 13.2 Å². The molecule has 0 saturated carbocycles. The van der Waals surface area contributed by atoms with Crippen LogP contribution in [-0.2, 0) is 10.0 Å². The molecule has 7 heteroatoms. The minimum Gasteiger partial charge on any atom is -0.371 e. The average Bonchev–Trinajstić information content (AvgIpc) is 2.64. The number of carbonyl (C=O) groups is 1. The zero-order valence-corrected chi connectivity index (χ0v) is 16.1. The van der Waals surface area contributed by atoms with Crippen LogP contribution >= 0.6 is 11.6 Å². The Balaban J connectivity index is 1.89. The van der Waals surface area contributed by atoms with Gasteiger partial charge in [-0.05, 0) is 56.5 Å². The minimum absolute atomic E-state index is 0.0321. The molecule has 0 radical (unpaired) electrons. The first-order valence-corrected chi connectivity index (χ1v) is 10.4. The van der Waals surface area contributed by atoms with Gasteiger partial charge in [-0.1, -0.05) is 23.7 Å². The van der Waals surface area contributed by atoms with E-state index in [1.54, 1.807) is 24.3 Å². The highest BCUT2D eigenvalue weighted by atomic mass is 35.5. The summed E-state index contributed by atoms with van der Waals surface area (Å²) in [7, 11) is -3.84. The van der Waals surface area contributed by atoms with Crippen LogP contribution < -0.4 is 9.62 Å². The molecule has 26 heavy (non-hydrogen) atoms. The summed E-state index contributed by atoms with van der Waals surface area (Å²) in [5.74, 6) is -0.188. The van der Waals surface area contributed by atoms with Gasteiger partial charge >= 0.3 is 0 Å². The molecular formula is C19H21ClN2O3S. The molecule has 3 rings (SSSR count). The van der Waals surface area contributed by atoms with Gasteiger partial charge in [-0.3, -0.25) is 9.52 Å². The fraction of sp³-hybridized carbons (Fsp3) is 0.316. The Bertz CT molecular complexity index is 922. The van der Waals surface area contributed by atoms with Crippen molar-refractivity contribution in [1.29, 1.82) is 0 Å². The van der Waals surface area contributed by atoms with E-state index < -0.39 is 10.0 Å². The molecule has 0 aromatic heterocycles. The third-order valence-electron chi connectivity index (χ3n) is 4.47. The van der Waals surface area contributed by atoms with Crippen LogP contribution in [0, 0.1) is 0 Å². The lowest BCUT2D eigenvalue weighted by atomic mass is 10.1. The van der Waals surface area contributed by atoms with Gasteiger partial charge in [-0.15, -0.1) is 0 Å². The third kappa shape index (κ3) is 4.19. The van der Waals surface area contributed by atoms with Crippen LogP contribution in [0.4, 0.5) is 11.4 Å². The van der Waals surface area contributed by atoms with Crippen molar-refractivity contribution in [2.45, 2.75) is 31.1 Å². The Morgan fingerprint density at radius 3 is 2.50 bits per heavy atom. The van der Waals surface area contributed by atoms with E-state index in [2.05, 4.69) is 9.62 Å². The summed E-state index contributed by atoms with van der Waals surface area (Å²) in [6.45, 7) is 3.31. The van der Waals surface area contributed by atoms with Gasteiger partial charge in [0, 0.05) is 24.3 Å². The molecule has 0 unspecified atom stereocenters. The first-order chi connectivity index (χ1) is 12.4. The number of nitrogens with zero attached hydrogens (tertiary/aromatic N) is 1. The van der Waals surface area contributed by atoms with Gasteiger partial charge in [0.2, 0.25) is 0 Å². The van der Waals surface area contributed by atoms with E-state index in [1.165, 1.54) is 25.5 Å². The van der Waals surface area contributed by atoms with Gasteiger partial charge in [0.1, 0.15) is 0 Å². The van der Waals surface area contributed by atoms with Crippen LogP contribution in [0.3, 0.4) is 0 Å². The topological polar surface area (TPSA) is 66.5 Å². The van der Waals surface area contributed by atoms with Crippen molar-refractivity contribution in [1.82, 2.24) is 0 Å². The van der Waals surface area contributed by atoms with E-state index in [0.717, 1.165) is 31.6 Å². The SMILES string of the molecule is CC(=O)c1cccc(S(=O)(=O)Nc2cc(N3CCCCC3)ccc2Cl)c1. The summed E-state index contributed by atoms with van der Waals surface area (Å²) in [4.78, 5) is 13.8. The zero-order valence-electron chi connectivity index (χ0n) is 14.5. The molecule has 0 spiro atoms. The fourth-order valence-electron chi connectivity index (χ4n) is 3.03. The maximum Gasteiger partial charge on any atom is 0.261 e. The van der Waals surface area contributed by atoms with Crippen molar-refractivity contribution in [3.63, 3.8) is 0 Å². The number of hydrogen-bond donors (Lipinski definition) is 1. The van der Waals surface area contributed by atoms with Crippen LogP contribution in [-0.4, -0.2) is 27.3 Å². The summed E-state index contributed by atoms with van der Waals surface area (Å²) in [5, 5.41) is 0.331. The normalized spacial score (nSPS) is 14.9. The summed E-state index contributed by atoms with van der Waals surface area (Å²) < 4.78 is 28.0. The van der Waals surface area contributed by atoms with Crippen molar-refractivity contribution < 1.29 is 13.2 Å². The molecule has 2 aromatic carbocycles. The molecule has 2 aromatic rings. The molecule has 1 heterocycles. The summed E-state index contributed by atoms with van der Waals surface area (Å²) in [6, 6.07) is 11.3. The number of benzene rings is 2. The number of halogens is 1. The average molecular weight is 393 g/mol. The van der Waals surface area contributed by atoms with Crippen molar-refractivity contribution in [2.24, 2.45) is 0 Å². The lowest BCUT2D eigenvalue weighted by Crippen LogP contribution is -2.29. The number of sulfonamides is 1. The lowest BCUT2D eigenvalue weighted by Gasteiger charge is -2.29. The summed E-state index contributed by atoms with van der Waals surface area (Å²) >= 11 is 6.21. The number of hydrogen-bond acceptors (Lipinski definition) is 4. The van der Waals surface area contributed by atoms with Gasteiger partial charge in [-0.25, -0.2) is 8.42 Å². The van der Waals surface area contributed by atoms with Crippen LogP contribution in [0.15, 0.2) is 47.4 Å². The Morgan fingerprint density at radius 1 is 1.08 bits per heavy atom. The van der Waals surface area contributed by atoms with Gasteiger partial charge in [0.05, 0.1) is 15.6 Å². The fourth-order valence-corrected chi connectivity index (χ4v) is 4.36. The second kappa shape index (κ2) is 7.68. The number of carbonyl (C=O) groups excluding carboxylic acids is 1. The van der Waals surface area contributed by atoms with E-state index >= 15 is 0 Å². The molecule has 0 bridgehead atoms. The Kier molecular flexibility index (Phi) is 5.53. The molecule has 0 atom stereocenters. The highest BCUT2D eigenvalue weighted by Gasteiger charge is 2.19. The van der Waals surface area contributed by atoms with Crippen LogP contribution in [0.25, 0.3) is 0 Å². The van der Waals surface area contributed by atoms with Gasteiger partial charge < -0.3 is 4.90 Å². The molecule has 0 aliphatic carbocycles. The predicted octanol–water partition coefficient (Wildman–Crippen LogP) is 4.33. The number of piperidine rings is 1. The quantitative estimate of drug-likeness (QED) is 0.769. The second-order valence-corrected chi connectivity index (χ2v) is 8.49. The molecule has 1 saturated heterocycles. The molecule has 1 fully saturated rings. The molecular weight excluding hydrogens is 372 g/mol. The molecule has 138 valence electrons. The maximum absolute atomic E-state index is 12.7.